The number of aryl methyl sites for hydroxylation is 2. The molecule has 106 valence electrons. The molecule has 21 heavy (non-hydrogen) atoms. The Morgan fingerprint density at radius 3 is 2.38 bits per heavy atom. The number of fused-ring (bicyclic) bond motifs is 1. The first-order chi connectivity index (χ1) is 10.2. The van der Waals surface area contributed by atoms with E-state index in [9.17, 15) is 0 Å². The van der Waals surface area contributed by atoms with Gasteiger partial charge in [-0.1, -0.05) is 55.0 Å². The van der Waals surface area contributed by atoms with Crippen LogP contribution < -0.4 is 0 Å². The van der Waals surface area contributed by atoms with Crippen molar-refractivity contribution in [3.8, 4) is 11.1 Å². The van der Waals surface area contributed by atoms with Crippen molar-refractivity contribution in [3.05, 3.63) is 65.4 Å². The molecule has 1 aromatic heterocycles. The Hall–Kier alpha value is -2.28. The highest BCUT2D eigenvalue weighted by Crippen LogP contribution is 2.31. The third-order valence-corrected chi connectivity index (χ3v) is 3.82. The quantitative estimate of drug-likeness (QED) is 0.560. The third kappa shape index (κ3) is 2.64. The predicted molar refractivity (Wildman–Crippen MR) is 90.4 cm³/mol. The van der Waals surface area contributed by atoms with Crippen molar-refractivity contribution >= 4 is 17.0 Å². The van der Waals surface area contributed by atoms with Crippen LogP contribution in [0.3, 0.4) is 0 Å². The van der Waals surface area contributed by atoms with Crippen molar-refractivity contribution in [3.63, 3.8) is 0 Å². The lowest BCUT2D eigenvalue weighted by Crippen LogP contribution is -1.79. The van der Waals surface area contributed by atoms with Crippen LogP contribution in [0.25, 0.3) is 28.2 Å². The molecular weight excluding hydrogens is 256 g/mol. The Bertz CT molecular complexity index is 789. The molecule has 2 aromatic carbocycles. The van der Waals surface area contributed by atoms with E-state index < -0.39 is 0 Å². The van der Waals surface area contributed by atoms with E-state index in [1.165, 1.54) is 27.6 Å². The van der Waals surface area contributed by atoms with Gasteiger partial charge in [0.15, 0.2) is 0 Å². The average molecular weight is 276 g/mol. The Balaban J connectivity index is 2.09. The van der Waals surface area contributed by atoms with Gasteiger partial charge in [0.1, 0.15) is 11.3 Å². The minimum Gasteiger partial charge on any atom is -0.461 e. The highest BCUT2D eigenvalue weighted by Gasteiger charge is 2.09. The lowest BCUT2D eigenvalue weighted by Gasteiger charge is -2.02. The van der Waals surface area contributed by atoms with Crippen molar-refractivity contribution < 1.29 is 4.42 Å². The normalized spacial score (nSPS) is 11.6. The van der Waals surface area contributed by atoms with Crippen LogP contribution in [0.2, 0.25) is 0 Å². The molecule has 3 aromatic rings. The molecule has 0 spiro atoms. The minimum absolute atomic E-state index is 0.960. The molecule has 0 amide bonds. The molecule has 3 rings (SSSR count). The fourth-order valence-electron chi connectivity index (χ4n) is 2.61. The smallest absolute Gasteiger partial charge is 0.135 e. The molecule has 0 saturated carbocycles. The molecule has 1 nitrogen and oxygen atoms in total. The summed E-state index contributed by atoms with van der Waals surface area (Å²) in [6.45, 7) is 6.28. The maximum atomic E-state index is 5.93. The number of rotatable bonds is 3. The largest absolute Gasteiger partial charge is 0.461 e. The summed E-state index contributed by atoms with van der Waals surface area (Å²) < 4.78 is 5.93. The van der Waals surface area contributed by atoms with Crippen LogP contribution in [0.15, 0.2) is 53.0 Å². The van der Waals surface area contributed by atoms with Crippen LogP contribution in [-0.4, -0.2) is 0 Å². The first kappa shape index (κ1) is 13.7. The SMILES string of the molecule is CC/C=C\c1c(C)oc2cc(-c3ccc(C)cc3)ccc12. The zero-order chi connectivity index (χ0) is 14.8. The summed E-state index contributed by atoms with van der Waals surface area (Å²) in [4.78, 5) is 0. The molecular formula is C20H20O. The van der Waals surface area contributed by atoms with Gasteiger partial charge < -0.3 is 4.42 Å². The van der Waals surface area contributed by atoms with Gasteiger partial charge in [-0.05, 0) is 43.5 Å². The van der Waals surface area contributed by atoms with Crippen LogP contribution in [0.1, 0.15) is 30.2 Å². The van der Waals surface area contributed by atoms with Crippen LogP contribution in [0.5, 0.6) is 0 Å². The molecule has 1 heteroatoms. The van der Waals surface area contributed by atoms with Crippen LogP contribution in [0, 0.1) is 13.8 Å². The van der Waals surface area contributed by atoms with Crippen molar-refractivity contribution in [2.24, 2.45) is 0 Å². The summed E-state index contributed by atoms with van der Waals surface area (Å²) in [7, 11) is 0. The predicted octanol–water partition coefficient (Wildman–Crippen LogP) is 6.14. The van der Waals surface area contributed by atoms with Gasteiger partial charge in [0.25, 0.3) is 0 Å². The second-order valence-electron chi connectivity index (χ2n) is 5.46. The lowest BCUT2D eigenvalue weighted by molar-refractivity contribution is 0.577. The van der Waals surface area contributed by atoms with Gasteiger partial charge in [0, 0.05) is 10.9 Å². The Labute approximate surface area is 125 Å². The lowest BCUT2D eigenvalue weighted by atomic mass is 10.0. The van der Waals surface area contributed by atoms with Crippen molar-refractivity contribution in [2.45, 2.75) is 27.2 Å². The molecule has 0 unspecified atom stereocenters. The minimum atomic E-state index is 0.960. The Kier molecular flexibility index (Phi) is 3.66. The van der Waals surface area contributed by atoms with Gasteiger partial charge in [-0.2, -0.15) is 0 Å². The average Bonchev–Trinajstić information content (AvgIpc) is 2.80. The second kappa shape index (κ2) is 5.61. The summed E-state index contributed by atoms with van der Waals surface area (Å²) in [6, 6.07) is 15.1. The monoisotopic (exact) mass is 276 g/mol. The topological polar surface area (TPSA) is 13.1 Å². The van der Waals surface area contributed by atoms with E-state index in [0.717, 1.165) is 17.8 Å². The molecule has 0 fully saturated rings. The molecule has 0 aliphatic heterocycles. The molecule has 0 radical (unpaired) electrons. The molecule has 0 N–H and O–H groups in total. The number of benzene rings is 2. The van der Waals surface area contributed by atoms with Gasteiger partial charge in [-0.25, -0.2) is 0 Å². The van der Waals surface area contributed by atoms with E-state index in [1.807, 2.05) is 6.92 Å². The van der Waals surface area contributed by atoms with E-state index >= 15 is 0 Å². The second-order valence-corrected chi connectivity index (χ2v) is 5.46. The van der Waals surface area contributed by atoms with Crippen LogP contribution in [0.4, 0.5) is 0 Å². The van der Waals surface area contributed by atoms with Crippen molar-refractivity contribution in [2.75, 3.05) is 0 Å². The van der Waals surface area contributed by atoms with Crippen molar-refractivity contribution in [1.82, 2.24) is 0 Å². The summed E-state index contributed by atoms with van der Waals surface area (Å²) in [5.74, 6) is 0.982. The maximum Gasteiger partial charge on any atom is 0.135 e. The first-order valence-electron chi connectivity index (χ1n) is 7.46. The van der Waals surface area contributed by atoms with E-state index in [1.54, 1.807) is 0 Å². The number of hydrogen-bond donors (Lipinski definition) is 0. The van der Waals surface area contributed by atoms with Gasteiger partial charge in [-0.15, -0.1) is 0 Å². The molecule has 0 saturated heterocycles. The van der Waals surface area contributed by atoms with Crippen LogP contribution >= 0.6 is 0 Å². The third-order valence-electron chi connectivity index (χ3n) is 3.82. The zero-order valence-corrected chi connectivity index (χ0v) is 12.8. The highest BCUT2D eigenvalue weighted by atomic mass is 16.3. The summed E-state index contributed by atoms with van der Waals surface area (Å²) in [5, 5.41) is 1.19. The number of furan rings is 1. The summed E-state index contributed by atoms with van der Waals surface area (Å²) >= 11 is 0. The maximum absolute atomic E-state index is 5.93. The van der Waals surface area contributed by atoms with E-state index in [2.05, 4.69) is 68.5 Å². The van der Waals surface area contributed by atoms with Gasteiger partial charge >= 0.3 is 0 Å². The fourth-order valence-corrected chi connectivity index (χ4v) is 2.61. The van der Waals surface area contributed by atoms with Gasteiger partial charge in [0.05, 0.1) is 0 Å². The molecule has 0 bridgehead atoms. The molecule has 0 aliphatic carbocycles. The van der Waals surface area contributed by atoms with Crippen molar-refractivity contribution in [1.29, 1.82) is 0 Å². The highest BCUT2D eigenvalue weighted by molar-refractivity contribution is 5.91. The van der Waals surface area contributed by atoms with E-state index in [4.69, 9.17) is 4.42 Å². The van der Waals surface area contributed by atoms with Gasteiger partial charge in [0.2, 0.25) is 0 Å². The zero-order valence-electron chi connectivity index (χ0n) is 12.8. The Morgan fingerprint density at radius 2 is 1.67 bits per heavy atom. The number of allylic oxidation sites excluding steroid dienone is 1. The first-order valence-corrected chi connectivity index (χ1v) is 7.46. The van der Waals surface area contributed by atoms with E-state index in [0.29, 0.717) is 0 Å². The number of hydrogen-bond acceptors (Lipinski definition) is 1. The van der Waals surface area contributed by atoms with Crippen LogP contribution in [-0.2, 0) is 0 Å². The molecule has 0 aliphatic rings. The summed E-state index contributed by atoms with van der Waals surface area (Å²) in [6.07, 6.45) is 5.37. The van der Waals surface area contributed by atoms with Gasteiger partial charge in [-0.3, -0.25) is 0 Å². The van der Waals surface area contributed by atoms with E-state index in [-0.39, 0.29) is 0 Å². The standard InChI is InChI=1S/C20H20O/c1-4-5-6-18-15(3)21-20-13-17(11-12-19(18)20)16-9-7-14(2)8-10-16/h5-13H,4H2,1-3H3/b6-5-. The molecule has 1 heterocycles. The fraction of sp³-hybridized carbons (Fsp3) is 0.200. The summed E-state index contributed by atoms with van der Waals surface area (Å²) in [5.41, 5.74) is 5.86. The molecule has 0 atom stereocenters. The Morgan fingerprint density at radius 1 is 0.952 bits per heavy atom.